The summed E-state index contributed by atoms with van der Waals surface area (Å²) in [7, 11) is 0. The first kappa shape index (κ1) is 18.0. The Morgan fingerprint density at radius 3 is 2.78 bits per heavy atom. The average molecular weight is 414 g/mol. The molecule has 3 heterocycles. The summed E-state index contributed by atoms with van der Waals surface area (Å²) in [6.45, 7) is 1.71. The van der Waals surface area contributed by atoms with Crippen molar-refractivity contribution in [1.82, 2.24) is 19.2 Å². The van der Waals surface area contributed by atoms with Crippen molar-refractivity contribution in [3.8, 4) is 6.07 Å². The maximum atomic E-state index is 12.8. The lowest BCUT2D eigenvalue weighted by atomic mass is 10.2. The summed E-state index contributed by atoms with van der Waals surface area (Å²) < 4.78 is 40.7. The molecule has 0 bridgehead atoms. The van der Waals surface area contributed by atoms with Gasteiger partial charge in [-0.05, 0) is 13.3 Å². The van der Waals surface area contributed by atoms with E-state index in [1.165, 1.54) is 21.8 Å². The molecule has 0 unspecified atom stereocenters. The maximum Gasteiger partial charge on any atom is 0.435 e. The number of aromatic nitrogens is 4. The van der Waals surface area contributed by atoms with Crippen molar-refractivity contribution in [1.29, 1.82) is 5.26 Å². The third-order valence-corrected chi connectivity index (χ3v) is 5.70. The Hall–Kier alpha value is -2.38. The Morgan fingerprint density at radius 1 is 1.44 bits per heavy atom. The van der Waals surface area contributed by atoms with Gasteiger partial charge in [0.05, 0.1) is 24.2 Å². The van der Waals surface area contributed by atoms with Crippen LogP contribution in [0.2, 0.25) is 5.15 Å². The molecule has 0 spiro atoms. The molecule has 1 saturated carbocycles. The number of hydrogen-bond acceptors (Lipinski definition) is 5. The molecule has 2 atom stereocenters. The molecule has 0 radical (unpaired) electrons. The normalized spacial score (nSPS) is 19.4. The van der Waals surface area contributed by atoms with Gasteiger partial charge in [0.2, 0.25) is 0 Å². The second-order valence-electron chi connectivity index (χ2n) is 6.33. The third kappa shape index (κ3) is 3.11. The van der Waals surface area contributed by atoms with E-state index in [2.05, 4.69) is 16.2 Å². The lowest BCUT2D eigenvalue weighted by molar-refractivity contribution is -0.141. The standard InChI is InChI=1S/C16H11ClF3N5OS/c1-7-14(10-2-8(10)5-21)25-13(26)3-9(22-15(25)27-7)6-24-12(17)4-11(23-24)16(18,19)20/h3-4,8,10H,2,6H2,1H3/t8-,10-/m0/s1. The van der Waals surface area contributed by atoms with Crippen LogP contribution in [-0.2, 0) is 12.7 Å². The molecule has 3 aromatic heterocycles. The molecular weight excluding hydrogens is 403 g/mol. The van der Waals surface area contributed by atoms with Gasteiger partial charge < -0.3 is 0 Å². The Morgan fingerprint density at radius 2 is 2.19 bits per heavy atom. The number of thiazole rings is 1. The van der Waals surface area contributed by atoms with Gasteiger partial charge in [-0.2, -0.15) is 23.5 Å². The monoisotopic (exact) mass is 413 g/mol. The van der Waals surface area contributed by atoms with Crippen molar-refractivity contribution in [3.63, 3.8) is 0 Å². The van der Waals surface area contributed by atoms with Crippen LogP contribution in [0.25, 0.3) is 4.96 Å². The van der Waals surface area contributed by atoms with Gasteiger partial charge in [0.1, 0.15) is 5.15 Å². The fourth-order valence-electron chi connectivity index (χ4n) is 3.09. The van der Waals surface area contributed by atoms with E-state index in [1.54, 1.807) is 0 Å². The van der Waals surface area contributed by atoms with Gasteiger partial charge in [-0.3, -0.25) is 9.20 Å². The van der Waals surface area contributed by atoms with Crippen molar-refractivity contribution in [2.24, 2.45) is 5.92 Å². The van der Waals surface area contributed by atoms with E-state index in [9.17, 15) is 18.0 Å². The van der Waals surface area contributed by atoms with Crippen molar-refractivity contribution in [3.05, 3.63) is 49.6 Å². The quantitative estimate of drug-likeness (QED) is 0.657. The minimum atomic E-state index is -4.60. The molecule has 1 aliphatic rings. The van der Waals surface area contributed by atoms with Crippen molar-refractivity contribution >= 4 is 27.9 Å². The van der Waals surface area contributed by atoms with E-state index in [0.717, 1.165) is 21.3 Å². The zero-order valence-corrected chi connectivity index (χ0v) is 15.4. The van der Waals surface area contributed by atoms with Gasteiger partial charge in [-0.15, -0.1) is 11.3 Å². The van der Waals surface area contributed by atoms with E-state index < -0.39 is 11.9 Å². The highest BCUT2D eigenvalue weighted by atomic mass is 35.5. The van der Waals surface area contributed by atoms with Crippen LogP contribution in [0.1, 0.15) is 34.3 Å². The van der Waals surface area contributed by atoms with Crippen LogP contribution in [0.4, 0.5) is 13.2 Å². The summed E-state index contributed by atoms with van der Waals surface area (Å²) in [5.41, 5.74) is -0.380. The summed E-state index contributed by atoms with van der Waals surface area (Å²) >= 11 is 7.14. The molecule has 0 amide bonds. The van der Waals surface area contributed by atoms with E-state index in [1.807, 2.05) is 6.92 Å². The van der Waals surface area contributed by atoms with Crippen LogP contribution >= 0.6 is 22.9 Å². The Labute approximate surface area is 159 Å². The van der Waals surface area contributed by atoms with Crippen LogP contribution in [0.3, 0.4) is 0 Å². The van der Waals surface area contributed by atoms with Crippen molar-refractivity contribution in [2.75, 3.05) is 0 Å². The second kappa shape index (κ2) is 6.07. The number of nitriles is 1. The van der Waals surface area contributed by atoms with Gasteiger partial charge in [-0.1, -0.05) is 11.6 Å². The molecule has 27 heavy (non-hydrogen) atoms. The smallest absolute Gasteiger partial charge is 0.269 e. The molecule has 0 aromatic carbocycles. The highest BCUT2D eigenvalue weighted by Gasteiger charge is 2.42. The van der Waals surface area contributed by atoms with Crippen LogP contribution in [0, 0.1) is 24.2 Å². The largest absolute Gasteiger partial charge is 0.435 e. The first-order valence-corrected chi connectivity index (χ1v) is 9.10. The summed E-state index contributed by atoms with van der Waals surface area (Å²) in [5.74, 6) is -0.0826. The predicted molar refractivity (Wildman–Crippen MR) is 91.9 cm³/mol. The number of hydrogen-bond donors (Lipinski definition) is 0. The fourth-order valence-corrected chi connectivity index (χ4v) is 4.35. The van der Waals surface area contributed by atoms with Gasteiger partial charge in [0.15, 0.2) is 10.7 Å². The zero-order valence-electron chi connectivity index (χ0n) is 13.8. The Bertz CT molecular complexity index is 1160. The molecule has 0 aliphatic heterocycles. The predicted octanol–water partition coefficient (Wildman–Crippen LogP) is 3.61. The van der Waals surface area contributed by atoms with Crippen LogP contribution in [-0.4, -0.2) is 19.2 Å². The van der Waals surface area contributed by atoms with Crippen molar-refractivity contribution in [2.45, 2.75) is 32.0 Å². The topological polar surface area (TPSA) is 76.0 Å². The summed E-state index contributed by atoms with van der Waals surface area (Å²) in [6, 6.07) is 4.20. The number of nitrogens with zero attached hydrogens (tertiary/aromatic N) is 5. The highest BCUT2D eigenvalue weighted by molar-refractivity contribution is 7.17. The van der Waals surface area contributed by atoms with E-state index in [4.69, 9.17) is 16.9 Å². The van der Waals surface area contributed by atoms with E-state index in [0.29, 0.717) is 11.4 Å². The number of fused-ring (bicyclic) bond motifs is 1. The molecule has 1 aliphatic carbocycles. The molecule has 6 nitrogen and oxygen atoms in total. The van der Waals surface area contributed by atoms with Crippen LogP contribution in [0.15, 0.2) is 16.9 Å². The van der Waals surface area contributed by atoms with Gasteiger partial charge in [0, 0.05) is 28.6 Å². The zero-order chi connectivity index (χ0) is 19.5. The number of aryl methyl sites for hydroxylation is 1. The van der Waals surface area contributed by atoms with E-state index in [-0.39, 0.29) is 34.8 Å². The molecule has 1 fully saturated rings. The maximum absolute atomic E-state index is 12.8. The third-order valence-electron chi connectivity index (χ3n) is 4.43. The number of rotatable bonds is 3. The number of alkyl halides is 3. The molecule has 3 aromatic rings. The average Bonchev–Trinajstić information content (AvgIpc) is 3.13. The van der Waals surface area contributed by atoms with Gasteiger partial charge in [-0.25, -0.2) is 9.67 Å². The van der Waals surface area contributed by atoms with Crippen LogP contribution < -0.4 is 5.56 Å². The van der Waals surface area contributed by atoms with Crippen molar-refractivity contribution < 1.29 is 13.2 Å². The van der Waals surface area contributed by atoms with Gasteiger partial charge in [0.25, 0.3) is 5.56 Å². The summed E-state index contributed by atoms with van der Waals surface area (Å²) in [4.78, 5) is 18.3. The SMILES string of the molecule is Cc1sc2nc(Cn3nc(C(F)(F)F)cc3Cl)cc(=O)n2c1[C@H]1C[C@H]1C#N. The second-order valence-corrected chi connectivity index (χ2v) is 7.90. The lowest BCUT2D eigenvalue weighted by Crippen LogP contribution is -2.18. The van der Waals surface area contributed by atoms with Gasteiger partial charge >= 0.3 is 6.18 Å². The minimum Gasteiger partial charge on any atom is -0.269 e. The first-order valence-electron chi connectivity index (χ1n) is 7.91. The van der Waals surface area contributed by atoms with E-state index >= 15 is 0 Å². The Balaban J connectivity index is 1.72. The van der Waals surface area contributed by atoms with Crippen LogP contribution in [0.5, 0.6) is 0 Å². The summed E-state index contributed by atoms with van der Waals surface area (Å²) in [6.07, 6.45) is -3.90. The Kier molecular flexibility index (Phi) is 4.05. The highest BCUT2D eigenvalue weighted by Crippen LogP contribution is 2.49. The molecule has 140 valence electrons. The molecular formula is C16H11ClF3N5OS. The lowest BCUT2D eigenvalue weighted by Gasteiger charge is -2.05. The number of halogens is 4. The molecule has 0 saturated heterocycles. The molecule has 11 heteroatoms. The summed E-state index contributed by atoms with van der Waals surface area (Å²) in [5, 5.41) is 12.3. The molecule has 4 rings (SSSR count). The fraction of sp³-hybridized carbons (Fsp3) is 0.375. The molecule has 0 N–H and O–H groups in total. The first-order chi connectivity index (χ1) is 12.7. The minimum absolute atomic E-state index is 0.0176.